The van der Waals surface area contributed by atoms with Crippen molar-refractivity contribution in [3.63, 3.8) is 0 Å². The molecule has 0 spiro atoms. The molecule has 0 rings (SSSR count). The smallest absolute Gasteiger partial charge is 0.303 e. The van der Waals surface area contributed by atoms with E-state index in [2.05, 4.69) is 20.3 Å². The summed E-state index contributed by atoms with van der Waals surface area (Å²) < 4.78 is 0. The van der Waals surface area contributed by atoms with Crippen LogP contribution in [0.2, 0.25) is 0 Å². The predicted molar refractivity (Wildman–Crippen MR) is 49.4 cm³/mol. The molecule has 0 saturated heterocycles. The van der Waals surface area contributed by atoms with Gasteiger partial charge in [-0.1, -0.05) is 20.3 Å². The van der Waals surface area contributed by atoms with E-state index in [9.17, 15) is 9.59 Å². The largest absolute Gasteiger partial charge is 0.481 e. The van der Waals surface area contributed by atoms with Crippen molar-refractivity contribution < 1.29 is 19.8 Å². The Balaban J connectivity index is 0. The summed E-state index contributed by atoms with van der Waals surface area (Å²) in [6.07, 6.45) is 3.41. The summed E-state index contributed by atoms with van der Waals surface area (Å²) in [6.45, 7) is 4.18. The maximum atomic E-state index is 9.79. The minimum atomic E-state index is -0.948. The van der Waals surface area contributed by atoms with Crippen LogP contribution in [0.1, 0.15) is 39.5 Å². The van der Waals surface area contributed by atoms with Gasteiger partial charge >= 0.3 is 11.9 Å². The fourth-order valence-corrected chi connectivity index (χ4v) is 0.391. The summed E-state index contributed by atoms with van der Waals surface area (Å²) in [5, 5.41) is 16.1. The van der Waals surface area contributed by atoms with Crippen molar-refractivity contribution in [3.8, 4) is 0 Å². The summed E-state index contributed by atoms with van der Waals surface area (Å²) in [6, 6.07) is 0. The number of carboxylic acid groups (broad SMARTS) is 2. The van der Waals surface area contributed by atoms with E-state index in [0.717, 1.165) is 0 Å². The molecule has 4 heteroatoms. The first-order valence-corrected chi connectivity index (χ1v) is 4.26. The van der Waals surface area contributed by atoms with Gasteiger partial charge in [0.2, 0.25) is 0 Å². The molecule has 0 aromatic carbocycles. The predicted octanol–water partition coefficient (Wildman–Crippen LogP) is 1.95. The van der Waals surface area contributed by atoms with Crippen LogP contribution in [-0.2, 0) is 9.59 Å². The second-order valence-electron chi connectivity index (χ2n) is 2.46. The molecule has 4 nitrogen and oxygen atoms in total. The van der Waals surface area contributed by atoms with E-state index in [1.165, 1.54) is 6.42 Å². The van der Waals surface area contributed by atoms with E-state index >= 15 is 0 Å². The molecule has 77 valence electrons. The zero-order valence-electron chi connectivity index (χ0n) is 8.12. The Kier molecular flexibility index (Phi) is 12.2. The molecule has 0 unspecified atom stereocenters. The summed E-state index contributed by atoms with van der Waals surface area (Å²) in [7, 11) is 0. The molecule has 0 heterocycles. The summed E-state index contributed by atoms with van der Waals surface area (Å²) in [4.78, 5) is 19.6. The van der Waals surface area contributed by atoms with Gasteiger partial charge in [-0.3, -0.25) is 9.59 Å². The van der Waals surface area contributed by atoms with Crippen LogP contribution < -0.4 is 0 Å². The maximum Gasteiger partial charge on any atom is 0.303 e. The molecule has 0 aromatic heterocycles. The summed E-state index contributed by atoms with van der Waals surface area (Å²) in [5.74, 6) is -1.90. The van der Waals surface area contributed by atoms with E-state index in [1.54, 1.807) is 0 Å². The quantitative estimate of drug-likeness (QED) is 0.693. The highest BCUT2D eigenvalue weighted by atomic mass is 16.4. The Hall–Kier alpha value is -1.06. The maximum absolute atomic E-state index is 9.79. The lowest BCUT2D eigenvalue weighted by molar-refractivity contribution is -0.138. The molecule has 0 bridgehead atoms. The molecule has 0 aliphatic carbocycles. The number of carboxylic acids is 2. The van der Waals surface area contributed by atoms with Crippen LogP contribution in [0.3, 0.4) is 0 Å². The van der Waals surface area contributed by atoms with Crippen molar-refractivity contribution in [2.75, 3.05) is 0 Å². The summed E-state index contributed by atoms with van der Waals surface area (Å²) in [5.41, 5.74) is 0. The number of hydrogen-bond donors (Lipinski definition) is 2. The van der Waals surface area contributed by atoms with Gasteiger partial charge in [0, 0.05) is 12.8 Å². The average molecular weight is 189 g/mol. The zero-order valence-corrected chi connectivity index (χ0v) is 8.12. The Bertz CT molecular complexity index is 127. The Morgan fingerprint density at radius 1 is 1.15 bits per heavy atom. The van der Waals surface area contributed by atoms with Crippen LogP contribution in [0.4, 0.5) is 0 Å². The highest BCUT2D eigenvalue weighted by molar-refractivity contribution is 5.69. The molecule has 13 heavy (non-hydrogen) atoms. The second kappa shape index (κ2) is 10.9. The zero-order chi connectivity index (χ0) is 10.7. The lowest BCUT2D eigenvalue weighted by Crippen LogP contribution is -1.98. The van der Waals surface area contributed by atoms with Crippen molar-refractivity contribution in [2.45, 2.75) is 39.5 Å². The standard InChI is InChI=1S/C5H8O4.C4H9/c6-4(7)2-1-3-5(8)9;1-3-4-2/h1-3H2,(H,6,7)(H,8,9);3H,4H2,1-2H3. The number of unbranched alkanes of at least 4 members (excludes halogenated alkanes) is 1. The Labute approximate surface area is 78.6 Å². The highest BCUT2D eigenvalue weighted by Crippen LogP contribution is 1.93. The van der Waals surface area contributed by atoms with E-state index in [-0.39, 0.29) is 19.3 Å². The molecule has 2 N–H and O–H groups in total. The highest BCUT2D eigenvalue weighted by Gasteiger charge is 1.99. The monoisotopic (exact) mass is 189 g/mol. The fourth-order valence-electron chi connectivity index (χ4n) is 0.391. The van der Waals surface area contributed by atoms with E-state index < -0.39 is 11.9 Å². The van der Waals surface area contributed by atoms with E-state index in [4.69, 9.17) is 10.2 Å². The fraction of sp³-hybridized carbons (Fsp3) is 0.667. The molecule has 0 aliphatic rings. The van der Waals surface area contributed by atoms with Crippen LogP contribution >= 0.6 is 0 Å². The van der Waals surface area contributed by atoms with Crippen molar-refractivity contribution in [3.05, 3.63) is 6.42 Å². The first-order chi connectivity index (χ1) is 6.04. The van der Waals surface area contributed by atoms with Gasteiger partial charge in [0.1, 0.15) is 0 Å². The molecule has 0 amide bonds. The van der Waals surface area contributed by atoms with Gasteiger partial charge in [0.05, 0.1) is 0 Å². The SMILES string of the molecule is C[CH]CC.O=C(O)CCCC(=O)O. The van der Waals surface area contributed by atoms with Gasteiger partial charge in [0.25, 0.3) is 0 Å². The van der Waals surface area contributed by atoms with Crippen molar-refractivity contribution in [1.29, 1.82) is 0 Å². The first-order valence-electron chi connectivity index (χ1n) is 4.26. The summed E-state index contributed by atoms with van der Waals surface area (Å²) >= 11 is 0. The van der Waals surface area contributed by atoms with Gasteiger partial charge in [-0.15, -0.1) is 0 Å². The van der Waals surface area contributed by atoms with Crippen LogP contribution in [0.15, 0.2) is 0 Å². The molecule has 0 aromatic rings. The van der Waals surface area contributed by atoms with Crippen LogP contribution in [0.5, 0.6) is 0 Å². The van der Waals surface area contributed by atoms with Crippen LogP contribution in [0, 0.1) is 6.42 Å². The molecule has 0 saturated carbocycles. The first kappa shape index (κ1) is 14.5. The minimum absolute atomic E-state index is 0.0632. The molecular formula is C9H17O4. The third-order valence-corrected chi connectivity index (χ3v) is 1.19. The third kappa shape index (κ3) is 24.8. The van der Waals surface area contributed by atoms with Crippen LogP contribution in [0.25, 0.3) is 0 Å². The number of aliphatic carboxylic acids is 2. The van der Waals surface area contributed by atoms with E-state index in [1.807, 2.05) is 0 Å². The van der Waals surface area contributed by atoms with Gasteiger partial charge < -0.3 is 10.2 Å². The van der Waals surface area contributed by atoms with Gasteiger partial charge in [-0.25, -0.2) is 0 Å². The van der Waals surface area contributed by atoms with Crippen molar-refractivity contribution in [2.24, 2.45) is 0 Å². The number of carbonyl (C=O) groups is 2. The molecule has 0 fully saturated rings. The minimum Gasteiger partial charge on any atom is -0.481 e. The topological polar surface area (TPSA) is 74.6 Å². The molecule has 0 atom stereocenters. The van der Waals surface area contributed by atoms with Gasteiger partial charge in [-0.2, -0.15) is 0 Å². The van der Waals surface area contributed by atoms with Gasteiger partial charge in [0.15, 0.2) is 0 Å². The molecule has 1 radical (unpaired) electrons. The normalized spacial score (nSPS) is 8.46. The Morgan fingerprint density at radius 3 is 1.62 bits per heavy atom. The number of hydrogen-bond acceptors (Lipinski definition) is 2. The number of rotatable bonds is 5. The second-order valence-corrected chi connectivity index (χ2v) is 2.46. The van der Waals surface area contributed by atoms with Gasteiger partial charge in [-0.05, 0) is 12.8 Å². The van der Waals surface area contributed by atoms with Crippen molar-refractivity contribution in [1.82, 2.24) is 0 Å². The van der Waals surface area contributed by atoms with E-state index in [0.29, 0.717) is 0 Å². The lowest BCUT2D eigenvalue weighted by atomic mass is 10.2. The van der Waals surface area contributed by atoms with Crippen LogP contribution in [-0.4, -0.2) is 22.2 Å². The Morgan fingerprint density at radius 2 is 1.46 bits per heavy atom. The molecular weight excluding hydrogens is 172 g/mol. The van der Waals surface area contributed by atoms with Crippen molar-refractivity contribution >= 4 is 11.9 Å². The average Bonchev–Trinajstić information content (AvgIpc) is 2.03. The molecule has 0 aliphatic heterocycles. The lowest BCUT2D eigenvalue weighted by Gasteiger charge is -1.89. The third-order valence-electron chi connectivity index (χ3n) is 1.19.